The van der Waals surface area contributed by atoms with E-state index in [1.807, 2.05) is 48.5 Å². The minimum Gasteiger partial charge on any atom is -0.449 e. The Labute approximate surface area is 194 Å². The summed E-state index contributed by atoms with van der Waals surface area (Å²) in [5, 5.41) is 23.4. The Morgan fingerprint density at radius 3 is 2.18 bits per heavy atom. The van der Waals surface area contributed by atoms with Crippen LogP contribution >= 0.6 is 0 Å². The molecule has 3 aromatic carbocycles. The number of alkyl carbamates (subject to hydrolysis) is 1. The van der Waals surface area contributed by atoms with Crippen LogP contribution in [0.1, 0.15) is 49.4 Å². The zero-order valence-corrected chi connectivity index (χ0v) is 17.9. The molecular weight excluding hydrogens is 438 g/mol. The molecule has 0 saturated carbocycles. The second kappa shape index (κ2) is 8.74. The Morgan fingerprint density at radius 2 is 1.50 bits per heavy atom. The van der Waals surface area contributed by atoms with E-state index in [-0.39, 0.29) is 35.8 Å². The number of carbonyl (C=O) groups is 3. The summed E-state index contributed by atoms with van der Waals surface area (Å²) in [5.74, 6) is -1.80. The summed E-state index contributed by atoms with van der Waals surface area (Å²) in [4.78, 5) is 36.0. The summed E-state index contributed by atoms with van der Waals surface area (Å²) in [7, 11) is 0. The number of cyclic esters (lactones) is 2. The first-order chi connectivity index (χ1) is 16.5. The maximum atomic E-state index is 12.3. The average molecular weight is 459 g/mol. The number of ether oxygens (including phenoxy) is 2. The molecule has 2 unspecified atom stereocenters. The van der Waals surface area contributed by atoms with E-state index in [0.717, 1.165) is 22.3 Å². The van der Waals surface area contributed by atoms with Crippen LogP contribution in [0.4, 0.5) is 4.79 Å². The van der Waals surface area contributed by atoms with E-state index in [1.165, 1.54) is 18.2 Å². The van der Waals surface area contributed by atoms with Gasteiger partial charge in [0.15, 0.2) is 0 Å². The lowest BCUT2D eigenvalue weighted by Gasteiger charge is -2.20. The van der Waals surface area contributed by atoms with Crippen molar-refractivity contribution in [2.75, 3.05) is 13.2 Å². The molecule has 0 bridgehead atoms. The largest absolute Gasteiger partial charge is 0.449 e. The Balaban J connectivity index is 1.21. The van der Waals surface area contributed by atoms with Crippen LogP contribution in [0.25, 0.3) is 11.1 Å². The van der Waals surface area contributed by atoms with Crippen molar-refractivity contribution in [1.82, 2.24) is 5.32 Å². The number of amides is 1. The summed E-state index contributed by atoms with van der Waals surface area (Å²) in [6.07, 6.45) is -3.72. The zero-order valence-electron chi connectivity index (χ0n) is 17.9. The molecule has 172 valence electrons. The van der Waals surface area contributed by atoms with Crippen LogP contribution in [0.2, 0.25) is 0 Å². The first-order valence-electron chi connectivity index (χ1n) is 10.8. The van der Waals surface area contributed by atoms with Crippen LogP contribution in [-0.2, 0) is 9.47 Å². The molecule has 1 aliphatic heterocycles. The quantitative estimate of drug-likeness (QED) is 0.383. The van der Waals surface area contributed by atoms with Gasteiger partial charge in [-0.15, -0.1) is 0 Å². The molecule has 0 aromatic heterocycles. The highest BCUT2D eigenvalue weighted by Gasteiger charge is 2.35. The van der Waals surface area contributed by atoms with Gasteiger partial charge < -0.3 is 25.0 Å². The van der Waals surface area contributed by atoms with Gasteiger partial charge in [-0.1, -0.05) is 60.7 Å². The van der Waals surface area contributed by atoms with Crippen molar-refractivity contribution in [1.29, 1.82) is 0 Å². The molecule has 1 aliphatic carbocycles. The van der Waals surface area contributed by atoms with E-state index in [4.69, 9.17) is 4.74 Å². The highest BCUT2D eigenvalue weighted by Crippen LogP contribution is 2.44. The van der Waals surface area contributed by atoms with Crippen LogP contribution in [0.5, 0.6) is 0 Å². The fourth-order valence-corrected chi connectivity index (χ4v) is 4.56. The third kappa shape index (κ3) is 3.72. The molecule has 34 heavy (non-hydrogen) atoms. The molecule has 0 fully saturated rings. The molecule has 0 spiro atoms. The van der Waals surface area contributed by atoms with Crippen LogP contribution in [-0.4, -0.2) is 47.5 Å². The molecule has 8 heteroatoms. The number of benzene rings is 3. The molecule has 3 aromatic rings. The van der Waals surface area contributed by atoms with Gasteiger partial charge in [-0.2, -0.15) is 0 Å². The van der Waals surface area contributed by atoms with Gasteiger partial charge in [0.1, 0.15) is 18.8 Å². The molecule has 8 nitrogen and oxygen atoms in total. The Bertz CT molecular complexity index is 1260. The van der Waals surface area contributed by atoms with Crippen molar-refractivity contribution in [3.8, 4) is 11.1 Å². The summed E-state index contributed by atoms with van der Waals surface area (Å²) in [6, 6.07) is 20.2. The number of hydrogen-bond acceptors (Lipinski definition) is 7. The summed E-state index contributed by atoms with van der Waals surface area (Å²) < 4.78 is 9.99. The standard InChI is InChI=1S/C26H21NO7/c28-21(23(29)18-10-5-11-19-22(18)25(31)34-24(19)30)12-27-26(32)33-13-20-16-8-3-1-6-14(16)15-7-2-4-9-17(15)20/h1-11,20-21,23,28-29H,12-13H2,(H,27,32). The van der Waals surface area contributed by atoms with Gasteiger partial charge in [0.25, 0.3) is 0 Å². The second-order valence-electron chi connectivity index (χ2n) is 8.17. The fraction of sp³-hybridized carbons (Fsp3) is 0.192. The van der Waals surface area contributed by atoms with Gasteiger partial charge in [0.2, 0.25) is 0 Å². The minimum atomic E-state index is -1.53. The number of fused-ring (bicyclic) bond motifs is 4. The van der Waals surface area contributed by atoms with Crippen molar-refractivity contribution in [2.45, 2.75) is 18.1 Å². The smallest absolute Gasteiger partial charge is 0.407 e. The lowest BCUT2D eigenvalue weighted by atomic mass is 9.95. The molecule has 0 saturated heterocycles. The first kappa shape index (κ1) is 21.8. The van der Waals surface area contributed by atoms with E-state index in [2.05, 4.69) is 10.1 Å². The van der Waals surface area contributed by atoms with Crippen molar-refractivity contribution < 1.29 is 34.1 Å². The summed E-state index contributed by atoms with van der Waals surface area (Å²) >= 11 is 0. The third-order valence-electron chi connectivity index (χ3n) is 6.19. The van der Waals surface area contributed by atoms with Gasteiger partial charge in [0, 0.05) is 12.5 Å². The van der Waals surface area contributed by atoms with Gasteiger partial charge in [0.05, 0.1) is 11.1 Å². The first-order valence-corrected chi connectivity index (χ1v) is 10.8. The maximum absolute atomic E-state index is 12.3. The van der Waals surface area contributed by atoms with Gasteiger partial charge in [-0.25, -0.2) is 14.4 Å². The summed E-state index contributed by atoms with van der Waals surface area (Å²) in [6.45, 7) is -0.219. The minimum absolute atomic E-state index is 0.0262. The molecule has 1 amide bonds. The molecule has 2 aliphatic rings. The number of hydrogen-bond donors (Lipinski definition) is 3. The number of rotatable bonds is 6. The van der Waals surface area contributed by atoms with Crippen LogP contribution in [0, 0.1) is 0 Å². The molecule has 3 N–H and O–H groups in total. The SMILES string of the molecule is O=C(NCC(O)C(O)c1cccc2c1C(=O)OC2=O)OCC1c2ccccc2-c2ccccc21. The van der Waals surface area contributed by atoms with E-state index in [1.54, 1.807) is 0 Å². The molecule has 2 atom stereocenters. The summed E-state index contributed by atoms with van der Waals surface area (Å²) in [5.41, 5.74) is 4.36. The molecular formula is C26H21NO7. The normalized spacial score (nSPS) is 15.7. The highest BCUT2D eigenvalue weighted by atomic mass is 16.6. The number of esters is 2. The van der Waals surface area contributed by atoms with Crippen molar-refractivity contribution in [3.63, 3.8) is 0 Å². The van der Waals surface area contributed by atoms with Gasteiger partial charge in [-0.3, -0.25) is 0 Å². The molecule has 5 rings (SSSR count). The van der Waals surface area contributed by atoms with Gasteiger partial charge in [-0.05, 0) is 33.9 Å². The third-order valence-corrected chi connectivity index (χ3v) is 6.19. The van der Waals surface area contributed by atoms with E-state index in [9.17, 15) is 24.6 Å². The molecule has 1 heterocycles. The number of aliphatic hydroxyl groups is 2. The Kier molecular flexibility index (Phi) is 5.61. The highest BCUT2D eigenvalue weighted by molar-refractivity contribution is 6.15. The second-order valence-corrected chi connectivity index (χ2v) is 8.17. The van der Waals surface area contributed by atoms with Crippen LogP contribution < -0.4 is 5.32 Å². The van der Waals surface area contributed by atoms with Crippen molar-refractivity contribution >= 4 is 18.0 Å². The van der Waals surface area contributed by atoms with Crippen LogP contribution in [0.15, 0.2) is 66.7 Å². The predicted molar refractivity (Wildman–Crippen MR) is 120 cm³/mol. The molecule has 0 radical (unpaired) electrons. The maximum Gasteiger partial charge on any atom is 0.407 e. The van der Waals surface area contributed by atoms with E-state index in [0.29, 0.717) is 0 Å². The van der Waals surface area contributed by atoms with E-state index >= 15 is 0 Å². The zero-order chi connectivity index (χ0) is 23.8. The lowest BCUT2D eigenvalue weighted by Crippen LogP contribution is -2.36. The Hall–Kier alpha value is -4.01. The fourth-order valence-electron chi connectivity index (χ4n) is 4.56. The average Bonchev–Trinajstić information content (AvgIpc) is 3.34. The topological polar surface area (TPSA) is 122 Å². The van der Waals surface area contributed by atoms with Gasteiger partial charge >= 0.3 is 18.0 Å². The monoisotopic (exact) mass is 459 g/mol. The Morgan fingerprint density at radius 1 is 0.882 bits per heavy atom. The number of aliphatic hydroxyl groups excluding tert-OH is 2. The lowest BCUT2D eigenvalue weighted by molar-refractivity contribution is 0.0175. The van der Waals surface area contributed by atoms with Crippen molar-refractivity contribution in [3.05, 3.63) is 94.5 Å². The van der Waals surface area contributed by atoms with E-state index < -0.39 is 30.2 Å². The number of carbonyl (C=O) groups excluding carboxylic acids is 3. The van der Waals surface area contributed by atoms with Crippen LogP contribution in [0.3, 0.4) is 0 Å². The van der Waals surface area contributed by atoms with Crippen molar-refractivity contribution in [2.24, 2.45) is 0 Å². The predicted octanol–water partition coefficient (Wildman–Crippen LogP) is 2.93. The number of nitrogens with one attached hydrogen (secondary N) is 1.